The maximum Gasteiger partial charge on any atom is 0.223 e. The highest BCUT2D eigenvalue weighted by molar-refractivity contribution is 7.98. The summed E-state index contributed by atoms with van der Waals surface area (Å²) in [7, 11) is 0. The lowest BCUT2D eigenvalue weighted by molar-refractivity contribution is 0.389. The van der Waals surface area contributed by atoms with Gasteiger partial charge in [0.1, 0.15) is 11.1 Å². The van der Waals surface area contributed by atoms with Crippen molar-refractivity contribution in [3.63, 3.8) is 0 Å². The van der Waals surface area contributed by atoms with Crippen molar-refractivity contribution in [1.29, 1.82) is 5.26 Å². The number of hydrogen-bond acceptors (Lipinski definition) is 6. The lowest BCUT2D eigenvalue weighted by Gasteiger charge is -2.10. The summed E-state index contributed by atoms with van der Waals surface area (Å²) >= 11 is 1.46. The molecule has 0 aromatic carbocycles. The highest BCUT2D eigenvalue weighted by Crippen LogP contribution is 2.28. The SMILES string of the molecule is Cc1nc(CSc2nc(C)c(C)c(C)c2C#N)no1. The molecular weight excluding hydrogens is 260 g/mol. The van der Waals surface area contributed by atoms with Crippen LogP contribution in [0.3, 0.4) is 0 Å². The minimum Gasteiger partial charge on any atom is -0.340 e. The third-order valence-corrected chi connectivity index (χ3v) is 3.95. The zero-order valence-corrected chi connectivity index (χ0v) is 12.1. The van der Waals surface area contributed by atoms with E-state index in [1.165, 1.54) is 11.8 Å². The van der Waals surface area contributed by atoms with Crippen molar-refractivity contribution >= 4 is 11.8 Å². The molecular formula is C13H14N4OS. The third kappa shape index (κ3) is 2.76. The Morgan fingerprint density at radius 2 is 1.89 bits per heavy atom. The summed E-state index contributed by atoms with van der Waals surface area (Å²) in [4.78, 5) is 8.61. The first-order valence-corrected chi connectivity index (χ1v) is 6.81. The van der Waals surface area contributed by atoms with Crippen LogP contribution in [0.2, 0.25) is 0 Å². The normalized spacial score (nSPS) is 10.5. The van der Waals surface area contributed by atoms with Crippen LogP contribution in [0.4, 0.5) is 0 Å². The number of pyridine rings is 1. The van der Waals surface area contributed by atoms with E-state index in [-0.39, 0.29) is 0 Å². The van der Waals surface area contributed by atoms with E-state index in [1.54, 1.807) is 6.92 Å². The van der Waals surface area contributed by atoms with Gasteiger partial charge >= 0.3 is 0 Å². The Morgan fingerprint density at radius 1 is 1.16 bits per heavy atom. The smallest absolute Gasteiger partial charge is 0.223 e. The maximum atomic E-state index is 9.26. The summed E-state index contributed by atoms with van der Waals surface area (Å²) in [5.41, 5.74) is 3.63. The highest BCUT2D eigenvalue weighted by Gasteiger charge is 2.14. The third-order valence-electron chi connectivity index (χ3n) is 2.98. The number of aryl methyl sites for hydroxylation is 2. The number of thioether (sulfide) groups is 1. The van der Waals surface area contributed by atoms with Crippen molar-refractivity contribution in [2.45, 2.75) is 38.5 Å². The lowest BCUT2D eigenvalue weighted by Crippen LogP contribution is -1.99. The van der Waals surface area contributed by atoms with Crippen LogP contribution >= 0.6 is 11.8 Å². The molecule has 2 aromatic rings. The van der Waals surface area contributed by atoms with Gasteiger partial charge in [0.25, 0.3) is 0 Å². The number of nitriles is 1. The van der Waals surface area contributed by atoms with Crippen LogP contribution in [0.15, 0.2) is 9.55 Å². The summed E-state index contributed by atoms with van der Waals surface area (Å²) in [6.45, 7) is 7.63. The molecule has 0 N–H and O–H groups in total. The summed E-state index contributed by atoms with van der Waals surface area (Å²) in [6.07, 6.45) is 0. The molecule has 0 spiro atoms. The molecule has 2 aromatic heterocycles. The van der Waals surface area contributed by atoms with Crippen LogP contribution < -0.4 is 0 Å². The molecule has 5 nitrogen and oxygen atoms in total. The van der Waals surface area contributed by atoms with Gasteiger partial charge in [-0.25, -0.2) is 4.98 Å². The zero-order valence-electron chi connectivity index (χ0n) is 11.3. The van der Waals surface area contributed by atoms with Crippen LogP contribution in [0.5, 0.6) is 0 Å². The van der Waals surface area contributed by atoms with Gasteiger partial charge in [-0.05, 0) is 31.9 Å². The van der Waals surface area contributed by atoms with Crippen molar-refractivity contribution < 1.29 is 4.52 Å². The first-order chi connectivity index (χ1) is 9.02. The van der Waals surface area contributed by atoms with E-state index in [9.17, 15) is 5.26 Å². The van der Waals surface area contributed by atoms with Gasteiger partial charge in [-0.2, -0.15) is 10.2 Å². The average molecular weight is 274 g/mol. The van der Waals surface area contributed by atoms with Crippen LogP contribution in [0.25, 0.3) is 0 Å². The number of nitrogens with zero attached hydrogens (tertiary/aromatic N) is 4. The summed E-state index contributed by atoms with van der Waals surface area (Å²) < 4.78 is 4.92. The molecule has 0 saturated carbocycles. The predicted octanol–water partition coefficient (Wildman–Crippen LogP) is 2.86. The van der Waals surface area contributed by atoms with Crippen molar-refractivity contribution in [1.82, 2.24) is 15.1 Å². The van der Waals surface area contributed by atoms with Gasteiger partial charge in [0.2, 0.25) is 5.89 Å². The Balaban J connectivity index is 2.28. The molecule has 0 fully saturated rings. The molecule has 98 valence electrons. The summed E-state index contributed by atoms with van der Waals surface area (Å²) in [6, 6.07) is 2.23. The molecule has 0 saturated heterocycles. The van der Waals surface area contributed by atoms with Crippen LogP contribution in [-0.4, -0.2) is 15.1 Å². The minimum atomic E-state index is 0.542. The summed E-state index contributed by atoms with van der Waals surface area (Å²) in [5, 5.41) is 13.8. The standard InChI is InChI=1S/C13H14N4OS/c1-7-8(2)11(5-14)13(15-9(7)3)19-6-12-16-10(4)18-17-12/h6H2,1-4H3. The van der Waals surface area contributed by atoms with Crippen LogP contribution in [0, 0.1) is 39.0 Å². The lowest BCUT2D eigenvalue weighted by atomic mass is 10.1. The van der Waals surface area contributed by atoms with E-state index < -0.39 is 0 Å². The molecule has 2 rings (SSSR count). The van der Waals surface area contributed by atoms with Crippen molar-refractivity contribution in [3.8, 4) is 6.07 Å². The molecule has 0 atom stereocenters. The first kappa shape index (κ1) is 13.6. The van der Waals surface area contributed by atoms with E-state index in [1.807, 2.05) is 20.8 Å². The molecule has 0 aliphatic rings. The van der Waals surface area contributed by atoms with Gasteiger partial charge in [0, 0.05) is 12.6 Å². The van der Waals surface area contributed by atoms with E-state index >= 15 is 0 Å². The quantitative estimate of drug-likeness (QED) is 0.801. The topological polar surface area (TPSA) is 75.6 Å². The molecule has 6 heteroatoms. The van der Waals surface area contributed by atoms with E-state index in [0.29, 0.717) is 23.0 Å². The average Bonchev–Trinajstić information content (AvgIpc) is 2.79. The van der Waals surface area contributed by atoms with Crippen LogP contribution in [-0.2, 0) is 5.75 Å². The number of hydrogen-bond donors (Lipinski definition) is 0. The van der Waals surface area contributed by atoms with Crippen molar-refractivity contribution in [2.75, 3.05) is 0 Å². The van der Waals surface area contributed by atoms with Gasteiger partial charge in [0.05, 0.1) is 11.3 Å². The van der Waals surface area contributed by atoms with Crippen LogP contribution in [0.1, 0.15) is 34.1 Å². The maximum absolute atomic E-state index is 9.26. The minimum absolute atomic E-state index is 0.542. The van der Waals surface area contributed by atoms with Gasteiger partial charge in [0.15, 0.2) is 5.82 Å². The predicted molar refractivity (Wildman–Crippen MR) is 71.8 cm³/mol. The largest absolute Gasteiger partial charge is 0.340 e. The monoisotopic (exact) mass is 274 g/mol. The molecule has 0 aliphatic heterocycles. The molecule has 0 amide bonds. The molecule has 0 bridgehead atoms. The molecule has 19 heavy (non-hydrogen) atoms. The molecule has 2 heterocycles. The number of rotatable bonds is 3. The fourth-order valence-corrected chi connectivity index (χ4v) is 2.61. The second kappa shape index (κ2) is 5.41. The Morgan fingerprint density at radius 3 is 2.47 bits per heavy atom. The fraction of sp³-hybridized carbons (Fsp3) is 0.385. The van der Waals surface area contributed by atoms with Crippen molar-refractivity contribution in [2.24, 2.45) is 0 Å². The molecule has 0 unspecified atom stereocenters. The van der Waals surface area contributed by atoms with Gasteiger partial charge in [-0.1, -0.05) is 16.9 Å². The van der Waals surface area contributed by atoms with E-state index in [0.717, 1.165) is 21.8 Å². The number of aromatic nitrogens is 3. The zero-order chi connectivity index (χ0) is 14.0. The Hall–Kier alpha value is -1.87. The Labute approximate surface area is 116 Å². The van der Waals surface area contributed by atoms with E-state index in [4.69, 9.17) is 4.52 Å². The Bertz CT molecular complexity index is 657. The molecule has 0 radical (unpaired) electrons. The highest BCUT2D eigenvalue weighted by atomic mass is 32.2. The first-order valence-electron chi connectivity index (χ1n) is 5.82. The van der Waals surface area contributed by atoms with E-state index in [2.05, 4.69) is 21.2 Å². The summed E-state index contributed by atoms with van der Waals surface area (Å²) in [5.74, 6) is 1.70. The van der Waals surface area contributed by atoms with Crippen molar-refractivity contribution in [3.05, 3.63) is 34.1 Å². The second-order valence-corrected chi connectivity index (χ2v) is 5.22. The van der Waals surface area contributed by atoms with Gasteiger partial charge in [-0.3, -0.25) is 0 Å². The fourth-order valence-electron chi connectivity index (χ4n) is 1.68. The van der Waals surface area contributed by atoms with Gasteiger partial charge in [-0.15, -0.1) is 0 Å². The second-order valence-electron chi connectivity index (χ2n) is 4.26. The molecule has 0 aliphatic carbocycles. The van der Waals surface area contributed by atoms with Gasteiger partial charge < -0.3 is 4.52 Å². The Kier molecular flexibility index (Phi) is 3.86.